The van der Waals surface area contributed by atoms with E-state index in [0.717, 1.165) is 24.3 Å². The molecule has 1 aromatic heterocycles. The lowest BCUT2D eigenvalue weighted by atomic mass is 10.1. The molecule has 40 heavy (non-hydrogen) atoms. The summed E-state index contributed by atoms with van der Waals surface area (Å²) in [6.07, 6.45) is -12.5. The van der Waals surface area contributed by atoms with E-state index in [-0.39, 0.29) is 16.9 Å². The fourth-order valence-corrected chi connectivity index (χ4v) is 4.49. The minimum absolute atomic E-state index is 0.00463. The smallest absolute Gasteiger partial charge is 0.239 e. The van der Waals surface area contributed by atoms with Crippen molar-refractivity contribution in [2.45, 2.75) is 49.2 Å². The van der Waals surface area contributed by atoms with Crippen molar-refractivity contribution >= 4 is 11.0 Å². The van der Waals surface area contributed by atoms with Crippen molar-refractivity contribution in [2.75, 3.05) is 13.2 Å². The van der Waals surface area contributed by atoms with Gasteiger partial charge in [0.25, 0.3) is 0 Å². The molecule has 0 unspecified atom stereocenters. The number of phenols is 4. The Bertz CT molecular complexity index is 1450. The number of aromatic hydroxyl groups is 4. The fraction of sp³-hybridized carbons (Fsp3) is 0.400. The van der Waals surface area contributed by atoms with Gasteiger partial charge >= 0.3 is 0 Å². The van der Waals surface area contributed by atoms with Crippen LogP contribution >= 0.6 is 0 Å². The zero-order chi connectivity index (χ0) is 28.9. The molecular weight excluding hydrogens is 540 g/mol. The standard InChI is InChI=1S/C25H26O15/c26-6-15-18(33)23(40-24-20(35)17(32)13(31)7-36-24)25(38-15)39-22-19(34)16-12(30)4-9(27)5-14(16)37-21(22)8-1-2-10(28)11(29)3-8/h1-5,13,15,17-18,20,23-33,35H,6-7H2/t13-,15+,17-,18-,20-,23-,24+,25+/m0/s1. The summed E-state index contributed by atoms with van der Waals surface area (Å²) in [6, 6.07) is 5.35. The third kappa shape index (κ3) is 4.89. The highest BCUT2D eigenvalue weighted by atomic mass is 16.8. The number of phenolic OH excluding ortho intramolecular Hbond substituents is 4. The van der Waals surface area contributed by atoms with E-state index >= 15 is 0 Å². The molecule has 0 spiro atoms. The van der Waals surface area contributed by atoms with E-state index in [1.165, 1.54) is 6.07 Å². The van der Waals surface area contributed by atoms with Gasteiger partial charge in [-0.05, 0) is 18.2 Å². The molecule has 2 saturated heterocycles. The molecule has 15 heteroatoms. The van der Waals surface area contributed by atoms with Crippen LogP contribution in [-0.2, 0) is 14.2 Å². The van der Waals surface area contributed by atoms with E-state index < -0.39 is 102 Å². The van der Waals surface area contributed by atoms with E-state index in [0.29, 0.717) is 0 Å². The van der Waals surface area contributed by atoms with Crippen molar-refractivity contribution in [3.05, 3.63) is 40.6 Å². The first-order valence-corrected chi connectivity index (χ1v) is 12.0. The maximum atomic E-state index is 13.6. The van der Waals surface area contributed by atoms with Crippen LogP contribution in [0.25, 0.3) is 22.3 Å². The number of aliphatic hydroxyl groups is 5. The van der Waals surface area contributed by atoms with E-state index in [2.05, 4.69) is 0 Å². The second kappa shape index (κ2) is 10.7. The molecule has 0 bridgehead atoms. The van der Waals surface area contributed by atoms with Crippen LogP contribution in [-0.4, -0.2) is 108 Å². The van der Waals surface area contributed by atoms with Crippen LogP contribution in [0.15, 0.2) is 39.5 Å². The molecule has 216 valence electrons. The van der Waals surface area contributed by atoms with Gasteiger partial charge in [0.05, 0.1) is 13.2 Å². The number of aliphatic hydroxyl groups excluding tert-OH is 5. The molecule has 2 aromatic carbocycles. The molecule has 0 amide bonds. The average molecular weight is 566 g/mol. The Morgan fingerprint density at radius 3 is 2.33 bits per heavy atom. The van der Waals surface area contributed by atoms with Gasteiger partial charge in [-0.15, -0.1) is 0 Å². The summed E-state index contributed by atoms with van der Waals surface area (Å²) in [5.41, 5.74) is -1.24. The quantitative estimate of drug-likeness (QED) is 0.155. The predicted molar refractivity (Wildman–Crippen MR) is 130 cm³/mol. The lowest BCUT2D eigenvalue weighted by molar-refractivity contribution is -0.298. The topological polar surface area (TPSA) is 249 Å². The minimum atomic E-state index is -1.75. The van der Waals surface area contributed by atoms with Gasteiger partial charge in [0.15, 0.2) is 29.7 Å². The molecule has 2 aliphatic heterocycles. The lowest BCUT2D eigenvalue weighted by Crippen LogP contribution is -2.56. The number of hydrogen-bond donors (Lipinski definition) is 9. The molecule has 3 aromatic rings. The lowest BCUT2D eigenvalue weighted by Gasteiger charge is -2.37. The van der Waals surface area contributed by atoms with Crippen LogP contribution in [0.2, 0.25) is 0 Å². The number of ether oxygens (including phenoxy) is 4. The van der Waals surface area contributed by atoms with Crippen molar-refractivity contribution < 1.29 is 69.3 Å². The summed E-state index contributed by atoms with van der Waals surface area (Å²) in [5.74, 6) is -3.12. The highest BCUT2D eigenvalue weighted by Crippen LogP contribution is 2.40. The number of benzene rings is 2. The predicted octanol–water partition coefficient (Wildman–Crippen LogP) is -1.44. The molecule has 9 N–H and O–H groups in total. The molecule has 2 aliphatic rings. The van der Waals surface area contributed by atoms with Crippen LogP contribution < -0.4 is 10.2 Å². The van der Waals surface area contributed by atoms with Gasteiger partial charge in [0, 0.05) is 17.7 Å². The second-order valence-electron chi connectivity index (χ2n) is 9.32. The summed E-state index contributed by atoms with van der Waals surface area (Å²) >= 11 is 0. The molecule has 8 atom stereocenters. The van der Waals surface area contributed by atoms with E-state index in [1.807, 2.05) is 0 Å². The van der Waals surface area contributed by atoms with Gasteiger partial charge in [0.1, 0.15) is 53.0 Å². The van der Waals surface area contributed by atoms with Crippen LogP contribution in [0.5, 0.6) is 28.7 Å². The zero-order valence-electron chi connectivity index (χ0n) is 20.4. The summed E-state index contributed by atoms with van der Waals surface area (Å²) in [4.78, 5) is 13.6. The van der Waals surface area contributed by atoms with Crippen molar-refractivity contribution in [3.63, 3.8) is 0 Å². The molecule has 3 heterocycles. The third-order valence-corrected chi connectivity index (χ3v) is 6.61. The second-order valence-corrected chi connectivity index (χ2v) is 9.32. The van der Waals surface area contributed by atoms with E-state index in [9.17, 15) is 50.8 Å². The largest absolute Gasteiger partial charge is 0.508 e. The molecule has 0 radical (unpaired) electrons. The highest BCUT2D eigenvalue weighted by molar-refractivity contribution is 5.88. The number of fused-ring (bicyclic) bond motifs is 1. The Kier molecular flexibility index (Phi) is 7.47. The molecule has 15 nitrogen and oxygen atoms in total. The zero-order valence-corrected chi connectivity index (χ0v) is 20.4. The number of hydrogen-bond acceptors (Lipinski definition) is 15. The molecule has 5 rings (SSSR count). The maximum Gasteiger partial charge on any atom is 0.239 e. The highest BCUT2D eigenvalue weighted by Gasteiger charge is 2.50. The van der Waals surface area contributed by atoms with Crippen LogP contribution in [0.1, 0.15) is 0 Å². The van der Waals surface area contributed by atoms with Crippen LogP contribution in [0.4, 0.5) is 0 Å². The Balaban J connectivity index is 1.59. The monoisotopic (exact) mass is 566 g/mol. The molecule has 0 saturated carbocycles. The maximum absolute atomic E-state index is 13.6. The minimum Gasteiger partial charge on any atom is -0.508 e. The van der Waals surface area contributed by atoms with Crippen molar-refractivity contribution in [3.8, 4) is 40.1 Å². The van der Waals surface area contributed by atoms with Gasteiger partial charge in [-0.2, -0.15) is 0 Å². The van der Waals surface area contributed by atoms with Gasteiger partial charge in [-0.1, -0.05) is 0 Å². The van der Waals surface area contributed by atoms with E-state index in [1.54, 1.807) is 0 Å². The fourth-order valence-electron chi connectivity index (χ4n) is 4.49. The van der Waals surface area contributed by atoms with Gasteiger partial charge in [0.2, 0.25) is 17.5 Å². The first-order valence-electron chi connectivity index (χ1n) is 12.0. The van der Waals surface area contributed by atoms with Crippen LogP contribution in [0.3, 0.4) is 0 Å². The summed E-state index contributed by atoms with van der Waals surface area (Å²) in [6.45, 7) is -1.14. The first-order chi connectivity index (χ1) is 19.0. The average Bonchev–Trinajstić information content (AvgIpc) is 3.20. The third-order valence-electron chi connectivity index (χ3n) is 6.61. The normalized spacial score (nSPS) is 30.5. The summed E-state index contributed by atoms with van der Waals surface area (Å²) < 4.78 is 28.0. The summed E-state index contributed by atoms with van der Waals surface area (Å²) in [5, 5.41) is 90.0. The Morgan fingerprint density at radius 2 is 1.62 bits per heavy atom. The number of rotatable bonds is 6. The Labute approximate surface area is 223 Å². The molecule has 0 aliphatic carbocycles. The Morgan fingerprint density at radius 1 is 0.875 bits per heavy atom. The summed E-state index contributed by atoms with van der Waals surface area (Å²) in [7, 11) is 0. The first kappa shape index (κ1) is 27.9. The van der Waals surface area contributed by atoms with Crippen molar-refractivity contribution in [1.82, 2.24) is 0 Å². The van der Waals surface area contributed by atoms with Crippen molar-refractivity contribution in [1.29, 1.82) is 0 Å². The Hall–Kier alpha value is -3.67. The molecule has 2 fully saturated rings. The SMILES string of the molecule is O=c1c(O[C@H]2O[C@H](CO)[C@H](O)[C@@H]2O[C@H]2OC[C@H](O)[C@H](O)[C@@H]2O)c(-c2ccc(O)c(O)c2)oc2cc(O)cc(O)c12. The van der Waals surface area contributed by atoms with Crippen LogP contribution in [0, 0.1) is 0 Å². The van der Waals surface area contributed by atoms with Gasteiger partial charge in [-0.25, -0.2) is 0 Å². The van der Waals surface area contributed by atoms with Gasteiger partial charge < -0.3 is 69.3 Å². The van der Waals surface area contributed by atoms with Crippen molar-refractivity contribution in [2.24, 2.45) is 0 Å². The van der Waals surface area contributed by atoms with E-state index in [4.69, 9.17) is 23.4 Å². The van der Waals surface area contributed by atoms with Gasteiger partial charge in [-0.3, -0.25) is 4.79 Å². The molecular formula is C25H26O15.